The van der Waals surface area contributed by atoms with Crippen molar-refractivity contribution in [1.82, 2.24) is 4.98 Å². The monoisotopic (exact) mass is 381 g/mol. The van der Waals surface area contributed by atoms with E-state index in [1.807, 2.05) is 37.3 Å². The van der Waals surface area contributed by atoms with Gasteiger partial charge in [0.2, 0.25) is 5.91 Å². The Morgan fingerprint density at radius 1 is 1.04 bits per heavy atom. The minimum absolute atomic E-state index is 0.138. The number of nitrogens with one attached hydrogen (secondary N) is 2. The smallest absolute Gasteiger partial charge is 0.275 e. The van der Waals surface area contributed by atoms with Crippen LogP contribution >= 0.6 is 11.3 Å². The molecule has 3 aromatic rings. The average molecular weight is 381 g/mol. The number of carbonyl (C=O) groups is 2. The van der Waals surface area contributed by atoms with Crippen LogP contribution in [0.5, 0.6) is 5.75 Å². The minimum atomic E-state index is -0.277. The Hall–Kier alpha value is -3.19. The van der Waals surface area contributed by atoms with Crippen molar-refractivity contribution >= 4 is 34.5 Å². The number of hydrogen-bond donors (Lipinski definition) is 2. The zero-order valence-electron chi connectivity index (χ0n) is 15.2. The highest BCUT2D eigenvalue weighted by atomic mass is 32.1. The average Bonchev–Trinajstić information content (AvgIpc) is 3.03. The van der Waals surface area contributed by atoms with E-state index in [9.17, 15) is 9.59 Å². The number of carbonyl (C=O) groups excluding carboxylic acids is 2. The summed E-state index contributed by atoms with van der Waals surface area (Å²) in [6.07, 6.45) is 0. The predicted molar refractivity (Wildman–Crippen MR) is 108 cm³/mol. The van der Waals surface area contributed by atoms with Crippen LogP contribution in [0.2, 0.25) is 0 Å². The van der Waals surface area contributed by atoms with Gasteiger partial charge >= 0.3 is 0 Å². The molecule has 0 aliphatic heterocycles. The molecule has 6 nitrogen and oxygen atoms in total. The largest absolute Gasteiger partial charge is 0.497 e. The quantitative estimate of drug-likeness (QED) is 0.689. The number of ether oxygens (including phenoxy) is 1. The summed E-state index contributed by atoms with van der Waals surface area (Å²) in [6.45, 7) is 3.32. The summed E-state index contributed by atoms with van der Waals surface area (Å²) in [5.74, 6) is 0.250. The number of rotatable bonds is 5. The second-order valence-corrected chi connectivity index (χ2v) is 7.08. The summed E-state index contributed by atoms with van der Waals surface area (Å²) in [4.78, 5) is 29.2. The van der Waals surface area contributed by atoms with E-state index in [2.05, 4.69) is 15.6 Å². The Balaban J connectivity index is 1.83. The third-order valence-corrected chi connectivity index (χ3v) is 4.79. The molecule has 0 spiro atoms. The van der Waals surface area contributed by atoms with E-state index in [4.69, 9.17) is 4.74 Å². The minimum Gasteiger partial charge on any atom is -0.497 e. The van der Waals surface area contributed by atoms with Gasteiger partial charge < -0.3 is 15.4 Å². The number of anilines is 2. The molecule has 0 saturated carbocycles. The molecule has 2 aromatic carbocycles. The molecular weight excluding hydrogens is 362 g/mol. The van der Waals surface area contributed by atoms with Crippen molar-refractivity contribution in [2.24, 2.45) is 0 Å². The molecule has 1 aromatic heterocycles. The molecule has 0 saturated heterocycles. The van der Waals surface area contributed by atoms with Gasteiger partial charge in [-0.05, 0) is 31.2 Å². The van der Waals surface area contributed by atoms with Crippen molar-refractivity contribution < 1.29 is 14.3 Å². The van der Waals surface area contributed by atoms with E-state index in [-0.39, 0.29) is 11.8 Å². The van der Waals surface area contributed by atoms with Gasteiger partial charge in [-0.3, -0.25) is 9.59 Å². The summed E-state index contributed by atoms with van der Waals surface area (Å²) in [5.41, 5.74) is 2.55. The lowest BCUT2D eigenvalue weighted by molar-refractivity contribution is -0.114. The van der Waals surface area contributed by atoms with Gasteiger partial charge in [0, 0.05) is 34.8 Å². The van der Waals surface area contributed by atoms with Gasteiger partial charge in [0.15, 0.2) is 0 Å². The molecule has 0 radical (unpaired) electrons. The molecule has 0 atom stereocenters. The van der Waals surface area contributed by atoms with Crippen molar-refractivity contribution in [2.45, 2.75) is 13.8 Å². The fourth-order valence-corrected chi connectivity index (χ4v) is 3.46. The molecule has 0 aliphatic rings. The van der Waals surface area contributed by atoms with Crippen molar-refractivity contribution in [3.63, 3.8) is 0 Å². The van der Waals surface area contributed by atoms with Crippen LogP contribution < -0.4 is 15.4 Å². The Labute approximate surface area is 161 Å². The van der Waals surface area contributed by atoms with E-state index < -0.39 is 0 Å². The van der Waals surface area contributed by atoms with Crippen LogP contribution in [-0.2, 0) is 4.79 Å². The fourth-order valence-electron chi connectivity index (χ4n) is 2.55. The van der Waals surface area contributed by atoms with Crippen molar-refractivity contribution in [3.8, 4) is 16.3 Å². The first-order valence-corrected chi connectivity index (χ1v) is 9.09. The highest BCUT2D eigenvalue weighted by molar-refractivity contribution is 7.15. The van der Waals surface area contributed by atoms with Crippen LogP contribution in [0, 0.1) is 6.92 Å². The maximum absolute atomic E-state index is 12.6. The standard InChI is InChI=1S/C20H19N3O3S/c1-12-18(19(25)22-16-8-5-9-17(11-16)26-3)23-20(27-12)14-6-4-7-15(10-14)21-13(2)24/h4-11H,1-3H3,(H,21,24)(H,22,25). The maximum atomic E-state index is 12.6. The Bertz CT molecular complexity index is 998. The van der Waals surface area contributed by atoms with Gasteiger partial charge in [0.25, 0.3) is 5.91 Å². The Morgan fingerprint density at radius 3 is 2.44 bits per heavy atom. The zero-order chi connectivity index (χ0) is 19.4. The van der Waals surface area contributed by atoms with Crippen LogP contribution in [0.25, 0.3) is 10.6 Å². The van der Waals surface area contributed by atoms with Crippen LogP contribution in [0.1, 0.15) is 22.3 Å². The number of nitrogens with zero attached hydrogens (tertiary/aromatic N) is 1. The van der Waals surface area contributed by atoms with E-state index in [0.717, 1.165) is 15.4 Å². The first-order chi connectivity index (χ1) is 13.0. The lowest BCUT2D eigenvalue weighted by Gasteiger charge is -2.06. The molecular formula is C20H19N3O3S. The van der Waals surface area contributed by atoms with Crippen LogP contribution in [-0.4, -0.2) is 23.9 Å². The van der Waals surface area contributed by atoms with Crippen LogP contribution in [0.4, 0.5) is 11.4 Å². The van der Waals surface area contributed by atoms with Gasteiger partial charge in [-0.15, -0.1) is 11.3 Å². The number of thiazole rings is 1. The highest BCUT2D eigenvalue weighted by Crippen LogP contribution is 2.30. The van der Waals surface area contributed by atoms with E-state index in [1.54, 1.807) is 25.3 Å². The van der Waals surface area contributed by atoms with E-state index in [0.29, 0.717) is 22.8 Å². The zero-order valence-corrected chi connectivity index (χ0v) is 16.0. The summed E-state index contributed by atoms with van der Waals surface area (Å²) in [6, 6.07) is 14.5. The summed E-state index contributed by atoms with van der Waals surface area (Å²) in [5, 5.41) is 6.31. The molecule has 2 amide bonds. The molecule has 2 N–H and O–H groups in total. The second kappa shape index (κ2) is 8.01. The lowest BCUT2D eigenvalue weighted by atomic mass is 10.2. The first-order valence-electron chi connectivity index (χ1n) is 8.27. The molecule has 0 fully saturated rings. The molecule has 0 aliphatic carbocycles. The number of amides is 2. The molecule has 138 valence electrons. The Kier molecular flexibility index (Phi) is 5.52. The number of benzene rings is 2. The maximum Gasteiger partial charge on any atom is 0.275 e. The number of aryl methyl sites for hydroxylation is 1. The highest BCUT2D eigenvalue weighted by Gasteiger charge is 2.17. The molecule has 1 heterocycles. The van der Waals surface area contributed by atoms with Gasteiger partial charge in [0.1, 0.15) is 16.5 Å². The van der Waals surface area contributed by atoms with Crippen molar-refractivity contribution in [1.29, 1.82) is 0 Å². The predicted octanol–water partition coefficient (Wildman–Crippen LogP) is 4.34. The van der Waals surface area contributed by atoms with E-state index >= 15 is 0 Å². The SMILES string of the molecule is COc1cccc(NC(=O)c2nc(-c3cccc(NC(C)=O)c3)sc2C)c1. The topological polar surface area (TPSA) is 80.3 Å². The number of methoxy groups -OCH3 is 1. The van der Waals surface area contributed by atoms with Crippen molar-refractivity contribution in [2.75, 3.05) is 17.7 Å². The van der Waals surface area contributed by atoms with Gasteiger partial charge in [-0.1, -0.05) is 18.2 Å². The third-order valence-electron chi connectivity index (χ3n) is 3.77. The summed E-state index contributed by atoms with van der Waals surface area (Å²) in [7, 11) is 1.58. The molecule has 0 unspecified atom stereocenters. The second-order valence-electron chi connectivity index (χ2n) is 5.87. The van der Waals surface area contributed by atoms with Gasteiger partial charge in [-0.2, -0.15) is 0 Å². The summed E-state index contributed by atoms with van der Waals surface area (Å²) < 4.78 is 5.17. The lowest BCUT2D eigenvalue weighted by Crippen LogP contribution is -2.13. The van der Waals surface area contributed by atoms with Gasteiger partial charge in [0.05, 0.1) is 7.11 Å². The van der Waals surface area contributed by atoms with Crippen LogP contribution in [0.15, 0.2) is 48.5 Å². The molecule has 3 rings (SSSR count). The van der Waals surface area contributed by atoms with Crippen LogP contribution in [0.3, 0.4) is 0 Å². The molecule has 7 heteroatoms. The van der Waals surface area contributed by atoms with Crippen molar-refractivity contribution in [3.05, 3.63) is 59.1 Å². The number of aromatic nitrogens is 1. The molecule has 0 bridgehead atoms. The normalized spacial score (nSPS) is 10.3. The number of hydrogen-bond acceptors (Lipinski definition) is 5. The fraction of sp³-hybridized carbons (Fsp3) is 0.150. The van der Waals surface area contributed by atoms with E-state index in [1.165, 1.54) is 18.3 Å². The van der Waals surface area contributed by atoms with Gasteiger partial charge in [-0.25, -0.2) is 4.98 Å². The first kappa shape index (κ1) is 18.6. The molecule has 27 heavy (non-hydrogen) atoms. The third kappa shape index (κ3) is 4.51. The summed E-state index contributed by atoms with van der Waals surface area (Å²) >= 11 is 1.43. The Morgan fingerprint density at radius 2 is 1.74 bits per heavy atom.